The predicted molar refractivity (Wildman–Crippen MR) is 80.5 cm³/mol. The lowest BCUT2D eigenvalue weighted by molar-refractivity contribution is 0.155. The zero-order chi connectivity index (χ0) is 13.8. The minimum atomic E-state index is -0.316. The molecule has 106 valence electrons. The van der Waals surface area contributed by atoms with E-state index in [-0.39, 0.29) is 6.10 Å². The Morgan fingerprint density at radius 2 is 2.21 bits per heavy atom. The summed E-state index contributed by atoms with van der Waals surface area (Å²) < 4.78 is 6.95. The lowest BCUT2D eigenvalue weighted by Gasteiger charge is -2.16. The molecule has 0 amide bonds. The average Bonchev–Trinajstić information content (AvgIpc) is 3.12. The third kappa shape index (κ3) is 4.79. The van der Waals surface area contributed by atoms with E-state index in [1.165, 1.54) is 18.4 Å². The summed E-state index contributed by atoms with van der Waals surface area (Å²) in [5.41, 5.74) is 2.32. The molecule has 0 aromatic heterocycles. The Balaban J connectivity index is 2.03. The molecule has 19 heavy (non-hydrogen) atoms. The fourth-order valence-electron chi connectivity index (χ4n) is 2.01. The number of hydrogen-bond acceptors (Lipinski definition) is 3. The zero-order valence-corrected chi connectivity index (χ0v) is 13.2. The van der Waals surface area contributed by atoms with Crippen LogP contribution in [0, 0.1) is 6.92 Å². The van der Waals surface area contributed by atoms with Crippen LogP contribution in [0.5, 0.6) is 5.75 Å². The number of rotatable bonds is 7. The molecule has 2 rings (SSSR count). The van der Waals surface area contributed by atoms with Crippen LogP contribution >= 0.6 is 15.9 Å². The van der Waals surface area contributed by atoms with Crippen molar-refractivity contribution in [3.8, 4) is 5.75 Å². The Labute approximate surface area is 123 Å². The Hall–Kier alpha value is -0.580. The van der Waals surface area contributed by atoms with Gasteiger partial charge in [0.2, 0.25) is 0 Å². The van der Waals surface area contributed by atoms with Gasteiger partial charge in [-0.25, -0.2) is 0 Å². The predicted octanol–water partition coefficient (Wildman–Crippen LogP) is 3.16. The molecule has 1 aliphatic carbocycles. The number of aliphatic hydroxyl groups excluding tert-OH is 1. The molecule has 1 aromatic carbocycles. The van der Waals surface area contributed by atoms with Gasteiger partial charge in [-0.1, -0.05) is 15.9 Å². The molecule has 0 saturated heterocycles. The molecule has 2 N–H and O–H groups in total. The lowest BCUT2D eigenvalue weighted by Crippen LogP contribution is -2.17. The molecule has 0 aliphatic heterocycles. The van der Waals surface area contributed by atoms with Crippen molar-refractivity contribution in [2.75, 3.05) is 6.61 Å². The fourth-order valence-corrected chi connectivity index (χ4v) is 2.63. The van der Waals surface area contributed by atoms with E-state index in [9.17, 15) is 5.11 Å². The van der Waals surface area contributed by atoms with Crippen LogP contribution in [-0.4, -0.2) is 23.9 Å². The highest BCUT2D eigenvalue weighted by Gasteiger charge is 2.21. The number of halogens is 1. The quantitative estimate of drug-likeness (QED) is 0.808. The van der Waals surface area contributed by atoms with Crippen molar-refractivity contribution in [1.29, 1.82) is 0 Å². The van der Waals surface area contributed by atoms with Gasteiger partial charge in [0.05, 0.1) is 12.7 Å². The number of hydrogen-bond donors (Lipinski definition) is 2. The van der Waals surface area contributed by atoms with Crippen molar-refractivity contribution in [3.05, 3.63) is 27.7 Å². The van der Waals surface area contributed by atoms with Gasteiger partial charge in [0.1, 0.15) is 5.75 Å². The van der Waals surface area contributed by atoms with E-state index >= 15 is 0 Å². The molecule has 1 unspecified atom stereocenters. The molecule has 1 fully saturated rings. The number of nitrogens with one attached hydrogen (secondary N) is 1. The molecule has 3 nitrogen and oxygen atoms in total. The van der Waals surface area contributed by atoms with Crippen molar-refractivity contribution in [2.45, 2.75) is 51.8 Å². The number of aryl methyl sites for hydroxylation is 1. The smallest absolute Gasteiger partial charge is 0.126 e. The van der Waals surface area contributed by atoms with Crippen LogP contribution in [0.2, 0.25) is 0 Å². The van der Waals surface area contributed by atoms with Crippen molar-refractivity contribution < 1.29 is 9.84 Å². The van der Waals surface area contributed by atoms with Crippen LogP contribution < -0.4 is 10.1 Å². The van der Waals surface area contributed by atoms with Crippen LogP contribution in [0.15, 0.2) is 16.6 Å². The van der Waals surface area contributed by atoms with E-state index in [2.05, 4.69) is 40.3 Å². The first kappa shape index (κ1) is 14.8. The first-order valence-electron chi connectivity index (χ1n) is 6.89. The third-order valence-corrected chi connectivity index (χ3v) is 3.71. The molecular weight excluding hydrogens is 306 g/mol. The van der Waals surface area contributed by atoms with Crippen LogP contribution in [0.25, 0.3) is 0 Å². The van der Waals surface area contributed by atoms with Gasteiger partial charge in [0, 0.05) is 29.0 Å². The minimum Gasteiger partial charge on any atom is -0.493 e. The van der Waals surface area contributed by atoms with E-state index < -0.39 is 0 Å². The molecule has 0 bridgehead atoms. The van der Waals surface area contributed by atoms with Gasteiger partial charge >= 0.3 is 0 Å². The first-order valence-corrected chi connectivity index (χ1v) is 7.69. The second-order valence-corrected chi connectivity index (χ2v) is 6.27. The normalized spacial score (nSPS) is 16.4. The number of benzene rings is 1. The van der Waals surface area contributed by atoms with Crippen LogP contribution in [-0.2, 0) is 6.54 Å². The molecular formula is C15H22BrNO2. The van der Waals surface area contributed by atoms with Gasteiger partial charge in [-0.2, -0.15) is 0 Å². The van der Waals surface area contributed by atoms with Gasteiger partial charge in [0.15, 0.2) is 0 Å². The Morgan fingerprint density at radius 1 is 1.47 bits per heavy atom. The summed E-state index contributed by atoms with van der Waals surface area (Å²) in [6.07, 6.45) is 2.91. The average molecular weight is 328 g/mol. The largest absolute Gasteiger partial charge is 0.493 e. The number of aliphatic hydroxyl groups is 1. The van der Waals surface area contributed by atoms with Gasteiger partial charge < -0.3 is 15.2 Å². The van der Waals surface area contributed by atoms with E-state index in [0.717, 1.165) is 22.3 Å². The van der Waals surface area contributed by atoms with Gasteiger partial charge in [-0.05, 0) is 44.4 Å². The van der Waals surface area contributed by atoms with Crippen LogP contribution in [0.1, 0.15) is 37.3 Å². The summed E-state index contributed by atoms with van der Waals surface area (Å²) in [7, 11) is 0. The van der Waals surface area contributed by atoms with E-state index in [1.54, 1.807) is 6.92 Å². The maximum atomic E-state index is 9.30. The SMILES string of the molecule is Cc1cc(Br)cc(CNC2CC2)c1OCCC(C)O. The molecule has 0 radical (unpaired) electrons. The summed E-state index contributed by atoms with van der Waals surface area (Å²) in [6, 6.07) is 4.86. The van der Waals surface area contributed by atoms with E-state index in [0.29, 0.717) is 19.1 Å². The topological polar surface area (TPSA) is 41.5 Å². The molecule has 1 atom stereocenters. The second kappa shape index (κ2) is 6.73. The van der Waals surface area contributed by atoms with E-state index in [1.807, 2.05) is 0 Å². The highest BCUT2D eigenvalue weighted by molar-refractivity contribution is 9.10. The molecule has 0 heterocycles. The highest BCUT2D eigenvalue weighted by Crippen LogP contribution is 2.29. The van der Waals surface area contributed by atoms with Crippen molar-refractivity contribution in [3.63, 3.8) is 0 Å². The molecule has 1 aliphatic rings. The summed E-state index contributed by atoms with van der Waals surface area (Å²) in [5.74, 6) is 0.956. The Bertz CT molecular complexity index is 430. The monoisotopic (exact) mass is 327 g/mol. The second-order valence-electron chi connectivity index (χ2n) is 5.35. The van der Waals surface area contributed by atoms with Crippen molar-refractivity contribution >= 4 is 15.9 Å². The Morgan fingerprint density at radius 3 is 2.84 bits per heavy atom. The van der Waals surface area contributed by atoms with Gasteiger partial charge in [0.25, 0.3) is 0 Å². The highest BCUT2D eigenvalue weighted by atomic mass is 79.9. The maximum Gasteiger partial charge on any atom is 0.126 e. The lowest BCUT2D eigenvalue weighted by atomic mass is 10.1. The minimum absolute atomic E-state index is 0.316. The third-order valence-electron chi connectivity index (χ3n) is 3.26. The van der Waals surface area contributed by atoms with Crippen molar-refractivity contribution in [1.82, 2.24) is 5.32 Å². The maximum absolute atomic E-state index is 9.30. The molecule has 0 spiro atoms. The van der Waals surface area contributed by atoms with E-state index in [4.69, 9.17) is 4.74 Å². The summed E-state index contributed by atoms with van der Waals surface area (Å²) >= 11 is 3.54. The van der Waals surface area contributed by atoms with Crippen LogP contribution in [0.3, 0.4) is 0 Å². The summed E-state index contributed by atoms with van der Waals surface area (Å²) in [4.78, 5) is 0. The molecule has 4 heteroatoms. The fraction of sp³-hybridized carbons (Fsp3) is 0.600. The summed E-state index contributed by atoms with van der Waals surface area (Å²) in [6.45, 7) is 5.24. The van der Waals surface area contributed by atoms with Gasteiger partial charge in [-0.3, -0.25) is 0 Å². The first-order chi connectivity index (χ1) is 9.06. The van der Waals surface area contributed by atoms with Gasteiger partial charge in [-0.15, -0.1) is 0 Å². The zero-order valence-electron chi connectivity index (χ0n) is 11.6. The summed E-state index contributed by atoms with van der Waals surface area (Å²) in [5, 5.41) is 12.8. The number of ether oxygens (including phenoxy) is 1. The molecule has 1 saturated carbocycles. The van der Waals surface area contributed by atoms with Crippen LogP contribution in [0.4, 0.5) is 0 Å². The Kier molecular flexibility index (Phi) is 5.25. The standard InChI is InChI=1S/C15H22BrNO2/c1-10-7-13(16)8-12(9-17-14-3-4-14)15(10)19-6-5-11(2)18/h7-8,11,14,17-18H,3-6,9H2,1-2H3. The molecule has 1 aromatic rings. The van der Waals surface area contributed by atoms with Crippen molar-refractivity contribution in [2.24, 2.45) is 0 Å².